The summed E-state index contributed by atoms with van der Waals surface area (Å²) in [6, 6.07) is 1.33. The Morgan fingerprint density at radius 1 is 1.77 bits per heavy atom. The highest BCUT2D eigenvalue weighted by Crippen LogP contribution is 1.94. The molecule has 0 atom stereocenters. The predicted octanol–water partition coefficient (Wildman–Crippen LogP) is -1.02. The lowest BCUT2D eigenvalue weighted by atomic mass is 10.4. The van der Waals surface area contributed by atoms with Gasteiger partial charge in [-0.25, -0.2) is 4.98 Å². The summed E-state index contributed by atoms with van der Waals surface area (Å²) in [5.74, 6) is -0.269. The molecular weight excluding hydrogens is 172 g/mol. The van der Waals surface area contributed by atoms with Gasteiger partial charge in [0.15, 0.2) is 0 Å². The summed E-state index contributed by atoms with van der Waals surface area (Å²) in [6.45, 7) is 1.52. The molecule has 1 aromatic rings. The molecule has 0 fully saturated rings. The van der Waals surface area contributed by atoms with Gasteiger partial charge >= 0.3 is 0 Å². The van der Waals surface area contributed by atoms with Gasteiger partial charge in [-0.3, -0.25) is 19.9 Å². The first-order valence-electron chi connectivity index (χ1n) is 3.69. The van der Waals surface area contributed by atoms with Crippen molar-refractivity contribution in [3.05, 3.63) is 22.1 Å². The topological polar surface area (TPSA) is 101 Å². The number of nitrogens with two attached hydrogens (primary N) is 1. The monoisotopic (exact) mass is 182 g/mol. The zero-order valence-corrected chi connectivity index (χ0v) is 7.13. The quantitative estimate of drug-likeness (QED) is 0.544. The fraction of sp³-hybridized carbons (Fsp3) is 0.286. The lowest BCUT2D eigenvalue weighted by Crippen LogP contribution is -2.24. The molecule has 6 heteroatoms. The molecule has 0 aromatic carbocycles. The summed E-state index contributed by atoms with van der Waals surface area (Å²) in [5, 5.41) is 2.34. The highest BCUT2D eigenvalue weighted by molar-refractivity contribution is 5.90. The number of amides is 1. The maximum absolute atomic E-state index is 10.9. The molecule has 1 amide bonds. The maximum Gasteiger partial charge on any atom is 0.252 e. The fourth-order valence-corrected chi connectivity index (χ4v) is 0.821. The first-order chi connectivity index (χ1) is 6.11. The molecule has 6 nitrogen and oxygen atoms in total. The fourth-order valence-electron chi connectivity index (χ4n) is 0.821. The molecule has 0 radical (unpaired) electrons. The molecule has 0 unspecified atom stereocenters. The highest BCUT2D eigenvalue weighted by Gasteiger charge is 2.01. The number of anilines is 1. The van der Waals surface area contributed by atoms with Crippen molar-refractivity contribution in [3.63, 3.8) is 0 Å². The van der Waals surface area contributed by atoms with Gasteiger partial charge in [0.25, 0.3) is 5.56 Å². The Bertz CT molecular complexity index is 371. The van der Waals surface area contributed by atoms with Crippen molar-refractivity contribution in [1.29, 1.82) is 0 Å². The summed E-state index contributed by atoms with van der Waals surface area (Å²) in [4.78, 5) is 27.9. The van der Waals surface area contributed by atoms with Crippen molar-refractivity contribution in [2.75, 3.05) is 11.9 Å². The second-order valence-corrected chi connectivity index (χ2v) is 2.49. The van der Waals surface area contributed by atoms with Crippen molar-refractivity contribution < 1.29 is 4.79 Å². The predicted molar refractivity (Wildman–Crippen MR) is 47.3 cm³/mol. The number of rotatable bonds is 2. The molecule has 0 aliphatic carbocycles. The third-order valence-electron chi connectivity index (χ3n) is 1.31. The van der Waals surface area contributed by atoms with Gasteiger partial charge in [0, 0.05) is 11.8 Å². The molecule has 1 heterocycles. The van der Waals surface area contributed by atoms with Crippen LogP contribution in [0.25, 0.3) is 0 Å². The first-order valence-corrected chi connectivity index (χ1v) is 3.69. The van der Waals surface area contributed by atoms with E-state index in [1.807, 2.05) is 0 Å². The van der Waals surface area contributed by atoms with E-state index in [-0.39, 0.29) is 18.1 Å². The Morgan fingerprint density at radius 2 is 2.46 bits per heavy atom. The van der Waals surface area contributed by atoms with Crippen molar-refractivity contribution >= 4 is 11.9 Å². The second-order valence-electron chi connectivity index (χ2n) is 2.49. The molecule has 0 bridgehead atoms. The summed E-state index contributed by atoms with van der Waals surface area (Å²) in [7, 11) is 0. The number of carbonyl (C=O) groups excluding carboxylic acids is 1. The largest absolute Gasteiger partial charge is 0.322 e. The third kappa shape index (κ3) is 2.68. The van der Waals surface area contributed by atoms with E-state index < -0.39 is 5.91 Å². The molecule has 0 saturated heterocycles. The number of hydrogen-bond donors (Lipinski definition) is 3. The van der Waals surface area contributed by atoms with E-state index in [0.717, 1.165) is 0 Å². The van der Waals surface area contributed by atoms with Crippen LogP contribution < -0.4 is 16.6 Å². The number of carbonyl (C=O) groups is 1. The summed E-state index contributed by atoms with van der Waals surface area (Å²) in [5.41, 5.74) is 5.30. The van der Waals surface area contributed by atoms with Crippen LogP contribution in [0, 0.1) is 6.92 Å². The summed E-state index contributed by atoms with van der Waals surface area (Å²) >= 11 is 0. The molecule has 1 aromatic heterocycles. The molecule has 0 aliphatic heterocycles. The SMILES string of the molecule is Cc1cc(=O)[nH]c(NC(=O)CN)n1. The average Bonchev–Trinajstić information content (AvgIpc) is 2.02. The summed E-state index contributed by atoms with van der Waals surface area (Å²) in [6.07, 6.45) is 0. The molecule has 70 valence electrons. The zero-order valence-electron chi connectivity index (χ0n) is 7.13. The van der Waals surface area contributed by atoms with E-state index in [0.29, 0.717) is 5.69 Å². The number of nitrogens with zero attached hydrogens (tertiary/aromatic N) is 1. The minimum Gasteiger partial charge on any atom is -0.322 e. The minimum absolute atomic E-state index is 0.125. The Morgan fingerprint density at radius 3 is 3.00 bits per heavy atom. The van der Waals surface area contributed by atoms with E-state index in [1.165, 1.54) is 6.07 Å². The van der Waals surface area contributed by atoms with Gasteiger partial charge in [-0.2, -0.15) is 0 Å². The summed E-state index contributed by atoms with van der Waals surface area (Å²) < 4.78 is 0. The van der Waals surface area contributed by atoms with Crippen LogP contribution in [0.3, 0.4) is 0 Å². The maximum atomic E-state index is 10.9. The van der Waals surface area contributed by atoms with Crippen molar-refractivity contribution in [2.24, 2.45) is 5.73 Å². The van der Waals surface area contributed by atoms with Gasteiger partial charge in [-0.1, -0.05) is 0 Å². The van der Waals surface area contributed by atoms with Gasteiger partial charge in [0.2, 0.25) is 11.9 Å². The third-order valence-corrected chi connectivity index (χ3v) is 1.31. The molecule has 4 N–H and O–H groups in total. The molecule has 13 heavy (non-hydrogen) atoms. The highest BCUT2D eigenvalue weighted by atomic mass is 16.2. The molecule has 0 aliphatic rings. The van der Waals surface area contributed by atoms with E-state index in [4.69, 9.17) is 5.73 Å². The molecule has 1 rings (SSSR count). The smallest absolute Gasteiger partial charge is 0.252 e. The zero-order chi connectivity index (χ0) is 9.84. The van der Waals surface area contributed by atoms with Gasteiger partial charge in [0.05, 0.1) is 6.54 Å². The van der Waals surface area contributed by atoms with Crippen LogP contribution in [0.15, 0.2) is 10.9 Å². The number of aromatic nitrogens is 2. The lowest BCUT2D eigenvalue weighted by molar-refractivity contribution is -0.114. The van der Waals surface area contributed by atoms with Gasteiger partial charge in [-0.05, 0) is 6.92 Å². The van der Waals surface area contributed by atoms with E-state index in [1.54, 1.807) is 6.92 Å². The van der Waals surface area contributed by atoms with Crippen LogP contribution in [-0.4, -0.2) is 22.4 Å². The van der Waals surface area contributed by atoms with Crippen LogP contribution in [0.4, 0.5) is 5.95 Å². The van der Waals surface area contributed by atoms with Crippen LogP contribution >= 0.6 is 0 Å². The van der Waals surface area contributed by atoms with E-state index in [9.17, 15) is 9.59 Å². The van der Waals surface area contributed by atoms with Gasteiger partial charge < -0.3 is 5.73 Å². The number of H-pyrrole nitrogens is 1. The number of nitrogens with one attached hydrogen (secondary N) is 2. The number of aryl methyl sites for hydroxylation is 1. The normalized spacial score (nSPS) is 9.69. The van der Waals surface area contributed by atoms with Crippen LogP contribution in [0.2, 0.25) is 0 Å². The molecule has 0 spiro atoms. The molecular formula is C7H10N4O2. The Labute approximate surface area is 74.2 Å². The first kappa shape index (κ1) is 9.40. The second kappa shape index (κ2) is 3.81. The molecule has 0 saturated carbocycles. The van der Waals surface area contributed by atoms with Crippen LogP contribution in [-0.2, 0) is 4.79 Å². The number of hydrogen-bond acceptors (Lipinski definition) is 4. The van der Waals surface area contributed by atoms with Crippen LogP contribution in [0.5, 0.6) is 0 Å². The number of aromatic amines is 1. The Kier molecular flexibility index (Phi) is 2.76. The minimum atomic E-state index is -0.395. The van der Waals surface area contributed by atoms with Gasteiger partial charge in [0.1, 0.15) is 0 Å². The average molecular weight is 182 g/mol. The standard InChI is InChI=1S/C7H10N4O2/c1-4-2-5(12)10-7(9-4)11-6(13)3-8/h2H,3,8H2,1H3,(H2,9,10,11,12,13). The van der Waals surface area contributed by atoms with Crippen molar-refractivity contribution in [3.8, 4) is 0 Å². The Balaban J connectivity index is 2.89. The van der Waals surface area contributed by atoms with Crippen molar-refractivity contribution in [2.45, 2.75) is 6.92 Å². The lowest BCUT2D eigenvalue weighted by Gasteiger charge is -2.01. The van der Waals surface area contributed by atoms with Crippen LogP contribution in [0.1, 0.15) is 5.69 Å². The van der Waals surface area contributed by atoms with Crippen molar-refractivity contribution in [1.82, 2.24) is 9.97 Å². The van der Waals surface area contributed by atoms with E-state index >= 15 is 0 Å². The Hall–Kier alpha value is -1.69. The van der Waals surface area contributed by atoms with Gasteiger partial charge in [-0.15, -0.1) is 0 Å². The van der Waals surface area contributed by atoms with E-state index in [2.05, 4.69) is 15.3 Å².